The quantitative estimate of drug-likeness (QED) is 0.721. The number of nitrogens with one attached hydrogen (secondary N) is 2. The van der Waals surface area contributed by atoms with Crippen molar-refractivity contribution in [2.75, 3.05) is 5.32 Å². The molecule has 0 spiro atoms. The van der Waals surface area contributed by atoms with Gasteiger partial charge < -0.3 is 5.32 Å². The van der Waals surface area contributed by atoms with Gasteiger partial charge in [0.15, 0.2) is 0 Å². The Labute approximate surface area is 108 Å². The zero-order valence-electron chi connectivity index (χ0n) is 10.7. The first-order valence-corrected chi connectivity index (χ1v) is 5.90. The van der Waals surface area contributed by atoms with Gasteiger partial charge in [0.2, 0.25) is 5.95 Å². The lowest BCUT2D eigenvalue weighted by Gasteiger charge is -2.03. The minimum atomic E-state index is -0.0182. The van der Waals surface area contributed by atoms with E-state index >= 15 is 0 Å². The van der Waals surface area contributed by atoms with Crippen molar-refractivity contribution in [3.05, 3.63) is 40.6 Å². The van der Waals surface area contributed by atoms with Gasteiger partial charge in [-0.2, -0.15) is 5.10 Å². The Bertz CT molecular complexity index is 767. The van der Waals surface area contributed by atoms with Gasteiger partial charge in [0, 0.05) is 20.6 Å². The van der Waals surface area contributed by atoms with E-state index in [0.717, 1.165) is 16.6 Å². The summed E-state index contributed by atoms with van der Waals surface area (Å²) in [4.78, 5) is 15.8. The van der Waals surface area contributed by atoms with Crippen LogP contribution in [0.5, 0.6) is 0 Å². The second kappa shape index (κ2) is 4.27. The maximum absolute atomic E-state index is 11.8. The number of hydrogen-bond acceptors (Lipinski definition) is 4. The van der Waals surface area contributed by atoms with Crippen LogP contribution in [-0.4, -0.2) is 24.3 Å². The third kappa shape index (κ3) is 1.88. The maximum Gasteiger partial charge on any atom is 0.328 e. The number of benzene rings is 1. The van der Waals surface area contributed by atoms with Crippen molar-refractivity contribution in [2.45, 2.75) is 6.54 Å². The second-order valence-electron chi connectivity index (χ2n) is 4.41. The Morgan fingerprint density at radius 2 is 2.05 bits per heavy atom. The van der Waals surface area contributed by atoms with Crippen molar-refractivity contribution in [3.63, 3.8) is 0 Å². The number of rotatable bonds is 3. The lowest BCUT2D eigenvalue weighted by atomic mass is 10.2. The summed E-state index contributed by atoms with van der Waals surface area (Å²) in [5, 5.41) is 9.63. The highest BCUT2D eigenvalue weighted by molar-refractivity contribution is 5.76. The second-order valence-corrected chi connectivity index (χ2v) is 4.41. The lowest BCUT2D eigenvalue weighted by Crippen LogP contribution is -2.19. The zero-order valence-corrected chi connectivity index (χ0v) is 10.7. The fourth-order valence-corrected chi connectivity index (χ4v) is 2.14. The van der Waals surface area contributed by atoms with Gasteiger partial charge in [-0.25, -0.2) is 14.9 Å². The first-order chi connectivity index (χ1) is 9.16. The number of aromatic amines is 1. The van der Waals surface area contributed by atoms with Crippen molar-refractivity contribution < 1.29 is 0 Å². The molecule has 0 amide bonds. The Balaban J connectivity index is 1.93. The topological polar surface area (TPSA) is 80.5 Å². The number of anilines is 1. The molecule has 2 aromatic heterocycles. The van der Waals surface area contributed by atoms with Gasteiger partial charge in [0.25, 0.3) is 0 Å². The summed E-state index contributed by atoms with van der Waals surface area (Å²) in [6.45, 7) is 0.619. The van der Waals surface area contributed by atoms with Crippen LogP contribution in [0.1, 0.15) is 5.56 Å². The van der Waals surface area contributed by atoms with Crippen LogP contribution in [0.3, 0.4) is 0 Å². The predicted octanol–water partition coefficient (Wildman–Crippen LogP) is 0.607. The van der Waals surface area contributed by atoms with Gasteiger partial charge in [-0.1, -0.05) is 6.07 Å². The fraction of sp³-hybridized carbons (Fsp3) is 0.250. The first-order valence-electron chi connectivity index (χ1n) is 5.90. The van der Waals surface area contributed by atoms with Crippen LogP contribution >= 0.6 is 0 Å². The van der Waals surface area contributed by atoms with Gasteiger partial charge in [-0.3, -0.25) is 9.13 Å². The molecule has 0 saturated carbocycles. The van der Waals surface area contributed by atoms with Crippen LogP contribution in [0.4, 0.5) is 5.95 Å². The Morgan fingerprint density at radius 1 is 1.26 bits per heavy atom. The van der Waals surface area contributed by atoms with E-state index in [9.17, 15) is 4.79 Å². The molecule has 0 unspecified atom stereocenters. The van der Waals surface area contributed by atoms with Crippen LogP contribution in [0, 0.1) is 0 Å². The largest absolute Gasteiger partial charge is 0.351 e. The van der Waals surface area contributed by atoms with Gasteiger partial charge in [-0.05, 0) is 17.7 Å². The Morgan fingerprint density at radius 3 is 2.79 bits per heavy atom. The number of imidazole rings is 1. The van der Waals surface area contributed by atoms with E-state index in [-0.39, 0.29) is 5.69 Å². The molecule has 3 rings (SSSR count). The van der Waals surface area contributed by atoms with E-state index in [1.165, 1.54) is 6.33 Å². The molecule has 0 radical (unpaired) electrons. The molecule has 2 heterocycles. The summed E-state index contributed by atoms with van der Waals surface area (Å²) in [5.41, 5.74) is 2.90. The molecular formula is C12H14N6O. The number of nitrogens with zero attached hydrogens (tertiary/aromatic N) is 4. The van der Waals surface area contributed by atoms with Gasteiger partial charge in [0.1, 0.15) is 6.33 Å². The molecule has 0 atom stereocenters. The molecular weight excluding hydrogens is 244 g/mol. The highest BCUT2D eigenvalue weighted by Gasteiger charge is 2.08. The molecule has 0 aliphatic carbocycles. The van der Waals surface area contributed by atoms with Crippen LogP contribution in [0.2, 0.25) is 0 Å². The van der Waals surface area contributed by atoms with Crippen molar-refractivity contribution in [3.8, 4) is 0 Å². The molecule has 19 heavy (non-hydrogen) atoms. The monoisotopic (exact) mass is 258 g/mol. The van der Waals surface area contributed by atoms with E-state index in [1.54, 1.807) is 23.2 Å². The van der Waals surface area contributed by atoms with Gasteiger partial charge >= 0.3 is 5.69 Å². The number of aryl methyl sites for hydroxylation is 2. The standard InChI is InChI=1S/C12H14N6O/c1-17-9-4-3-8(5-10(9)18(2)12(17)19)6-13-11-14-7-15-16-11/h3-5,7H,6H2,1-2H3,(H2,13,14,15,16). The fourth-order valence-electron chi connectivity index (χ4n) is 2.14. The smallest absolute Gasteiger partial charge is 0.328 e. The minimum Gasteiger partial charge on any atom is -0.351 e. The number of hydrogen-bond donors (Lipinski definition) is 2. The summed E-state index contributed by atoms with van der Waals surface area (Å²) in [6.07, 6.45) is 1.45. The molecule has 3 aromatic rings. The zero-order chi connectivity index (χ0) is 13.4. The van der Waals surface area contributed by atoms with Crippen LogP contribution in [0.15, 0.2) is 29.3 Å². The lowest BCUT2D eigenvalue weighted by molar-refractivity contribution is 0.795. The highest BCUT2D eigenvalue weighted by atomic mass is 16.1. The van der Waals surface area contributed by atoms with Crippen LogP contribution < -0.4 is 11.0 Å². The molecule has 98 valence electrons. The van der Waals surface area contributed by atoms with Crippen molar-refractivity contribution in [2.24, 2.45) is 14.1 Å². The van der Waals surface area contributed by atoms with Crippen molar-refractivity contribution in [1.82, 2.24) is 24.3 Å². The normalized spacial score (nSPS) is 11.1. The Kier molecular flexibility index (Phi) is 2.59. The van der Waals surface area contributed by atoms with Gasteiger partial charge in [-0.15, -0.1) is 0 Å². The molecule has 0 aliphatic heterocycles. The SMILES string of the molecule is Cn1c(=O)n(C)c2cc(CNc3ncn[nH]3)ccc21. The molecule has 0 saturated heterocycles. The molecule has 7 nitrogen and oxygen atoms in total. The van der Waals surface area contributed by atoms with Crippen molar-refractivity contribution >= 4 is 17.0 Å². The summed E-state index contributed by atoms with van der Waals surface area (Å²) in [6, 6.07) is 5.94. The van der Waals surface area contributed by atoms with Gasteiger partial charge in [0.05, 0.1) is 11.0 Å². The molecule has 7 heteroatoms. The average molecular weight is 258 g/mol. The van der Waals surface area contributed by atoms with Crippen molar-refractivity contribution in [1.29, 1.82) is 0 Å². The third-order valence-corrected chi connectivity index (χ3v) is 3.21. The number of aromatic nitrogens is 5. The number of fused-ring (bicyclic) bond motifs is 1. The minimum absolute atomic E-state index is 0.0182. The maximum atomic E-state index is 11.8. The third-order valence-electron chi connectivity index (χ3n) is 3.21. The van der Waals surface area contributed by atoms with E-state index in [0.29, 0.717) is 12.5 Å². The molecule has 2 N–H and O–H groups in total. The molecule has 0 aliphatic rings. The van der Waals surface area contributed by atoms with E-state index in [1.807, 2.05) is 18.2 Å². The van der Waals surface area contributed by atoms with Crippen LogP contribution in [0.25, 0.3) is 11.0 Å². The molecule has 1 aromatic carbocycles. The number of H-pyrrole nitrogens is 1. The molecule has 0 fully saturated rings. The van der Waals surface area contributed by atoms with E-state index in [4.69, 9.17) is 0 Å². The summed E-state index contributed by atoms with van der Waals surface area (Å²) < 4.78 is 3.29. The summed E-state index contributed by atoms with van der Waals surface area (Å²) in [7, 11) is 3.55. The highest BCUT2D eigenvalue weighted by Crippen LogP contribution is 2.14. The predicted molar refractivity (Wildman–Crippen MR) is 71.9 cm³/mol. The summed E-state index contributed by atoms with van der Waals surface area (Å²) in [5.74, 6) is 0.627. The average Bonchev–Trinajstić information content (AvgIpc) is 3.01. The van der Waals surface area contributed by atoms with Crippen LogP contribution in [-0.2, 0) is 20.6 Å². The van der Waals surface area contributed by atoms with E-state index in [2.05, 4.69) is 20.5 Å². The first kappa shape index (κ1) is 11.5. The Hall–Kier alpha value is -2.57. The van der Waals surface area contributed by atoms with E-state index < -0.39 is 0 Å². The summed E-state index contributed by atoms with van der Waals surface area (Å²) >= 11 is 0. The molecule has 0 bridgehead atoms.